The Morgan fingerprint density at radius 3 is 2.52 bits per heavy atom. The summed E-state index contributed by atoms with van der Waals surface area (Å²) in [6.07, 6.45) is 6.62. The van der Waals surface area contributed by atoms with E-state index >= 15 is 0 Å². The van der Waals surface area contributed by atoms with E-state index in [1.807, 2.05) is 13.8 Å². The predicted octanol–water partition coefficient (Wildman–Crippen LogP) is 1.99. The fourth-order valence-corrected chi connectivity index (χ4v) is 3.86. The molecular formula is C16H28N2O3. The minimum Gasteiger partial charge on any atom is -0.480 e. The molecule has 1 saturated carbocycles. The van der Waals surface area contributed by atoms with Crippen molar-refractivity contribution < 1.29 is 14.7 Å². The molecule has 5 nitrogen and oxygen atoms in total. The topological polar surface area (TPSA) is 83.6 Å². The van der Waals surface area contributed by atoms with Gasteiger partial charge in [0.2, 0.25) is 5.91 Å². The SMILES string of the molecule is CCC(C)C(N)C(=O)N1C(C(=O)O)CCC2CCCCC21. The molecule has 0 aromatic carbocycles. The lowest BCUT2D eigenvalue weighted by Gasteiger charge is -2.48. The normalized spacial score (nSPS) is 32.1. The first-order valence-corrected chi connectivity index (χ1v) is 8.27. The van der Waals surface area contributed by atoms with Crippen molar-refractivity contribution in [2.75, 3.05) is 0 Å². The van der Waals surface area contributed by atoms with Crippen molar-refractivity contribution in [3.8, 4) is 0 Å². The van der Waals surface area contributed by atoms with Crippen LogP contribution in [0, 0.1) is 11.8 Å². The van der Waals surface area contributed by atoms with Gasteiger partial charge in [-0.1, -0.05) is 33.1 Å². The maximum Gasteiger partial charge on any atom is 0.326 e. The van der Waals surface area contributed by atoms with E-state index < -0.39 is 18.1 Å². The Morgan fingerprint density at radius 1 is 1.24 bits per heavy atom. The summed E-state index contributed by atoms with van der Waals surface area (Å²) in [6.45, 7) is 3.97. The molecule has 120 valence electrons. The molecule has 0 bridgehead atoms. The van der Waals surface area contributed by atoms with E-state index in [0.29, 0.717) is 12.3 Å². The molecular weight excluding hydrogens is 268 g/mol. The molecule has 1 aliphatic carbocycles. The summed E-state index contributed by atoms with van der Waals surface area (Å²) in [6, 6.07) is -1.19. The Balaban J connectivity index is 2.23. The molecule has 2 rings (SSSR count). The number of carbonyl (C=O) groups excluding carboxylic acids is 1. The molecule has 0 aromatic heterocycles. The van der Waals surface area contributed by atoms with Gasteiger partial charge in [-0.05, 0) is 37.5 Å². The van der Waals surface area contributed by atoms with Crippen LogP contribution in [0.15, 0.2) is 0 Å². The van der Waals surface area contributed by atoms with E-state index in [1.165, 1.54) is 6.42 Å². The van der Waals surface area contributed by atoms with Crippen LogP contribution in [0.4, 0.5) is 0 Å². The molecule has 1 saturated heterocycles. The van der Waals surface area contributed by atoms with Crippen LogP contribution in [0.2, 0.25) is 0 Å². The first kappa shape index (κ1) is 16.3. The number of piperidine rings is 1. The molecule has 2 aliphatic rings. The number of aliphatic carboxylic acids is 1. The molecule has 1 amide bonds. The number of nitrogens with zero attached hydrogens (tertiary/aromatic N) is 1. The van der Waals surface area contributed by atoms with Gasteiger partial charge in [-0.3, -0.25) is 4.79 Å². The van der Waals surface area contributed by atoms with Crippen LogP contribution in [0.5, 0.6) is 0 Å². The zero-order valence-corrected chi connectivity index (χ0v) is 13.1. The monoisotopic (exact) mass is 296 g/mol. The smallest absolute Gasteiger partial charge is 0.326 e. The first-order valence-electron chi connectivity index (χ1n) is 8.27. The Kier molecular flexibility index (Phi) is 5.25. The average Bonchev–Trinajstić information content (AvgIpc) is 2.51. The van der Waals surface area contributed by atoms with Crippen LogP contribution in [0.25, 0.3) is 0 Å². The van der Waals surface area contributed by atoms with E-state index in [9.17, 15) is 14.7 Å². The van der Waals surface area contributed by atoms with Crippen LogP contribution >= 0.6 is 0 Å². The van der Waals surface area contributed by atoms with Crippen molar-refractivity contribution in [3.63, 3.8) is 0 Å². The van der Waals surface area contributed by atoms with Gasteiger partial charge in [-0.15, -0.1) is 0 Å². The minimum absolute atomic E-state index is 0.0795. The number of hydrogen-bond acceptors (Lipinski definition) is 3. The molecule has 21 heavy (non-hydrogen) atoms. The van der Waals surface area contributed by atoms with Crippen LogP contribution < -0.4 is 5.73 Å². The quantitative estimate of drug-likeness (QED) is 0.831. The third kappa shape index (κ3) is 3.23. The summed E-state index contributed by atoms with van der Waals surface area (Å²) in [5, 5.41) is 9.49. The van der Waals surface area contributed by atoms with Crippen LogP contribution in [-0.2, 0) is 9.59 Å². The molecule has 0 aromatic rings. The highest BCUT2D eigenvalue weighted by molar-refractivity contribution is 5.87. The Bertz CT molecular complexity index is 399. The van der Waals surface area contributed by atoms with Crippen LogP contribution in [0.1, 0.15) is 58.8 Å². The lowest BCUT2D eigenvalue weighted by Crippen LogP contribution is -2.61. The number of amides is 1. The van der Waals surface area contributed by atoms with Crippen molar-refractivity contribution in [1.82, 2.24) is 4.90 Å². The third-order valence-corrected chi connectivity index (χ3v) is 5.45. The van der Waals surface area contributed by atoms with Gasteiger partial charge in [0, 0.05) is 6.04 Å². The second kappa shape index (κ2) is 6.77. The zero-order chi connectivity index (χ0) is 15.6. The van der Waals surface area contributed by atoms with E-state index in [2.05, 4.69) is 0 Å². The van der Waals surface area contributed by atoms with E-state index in [-0.39, 0.29) is 17.9 Å². The number of nitrogens with two attached hydrogens (primary N) is 1. The van der Waals surface area contributed by atoms with Crippen molar-refractivity contribution >= 4 is 11.9 Å². The molecule has 1 aliphatic heterocycles. The van der Waals surface area contributed by atoms with Crippen molar-refractivity contribution in [1.29, 1.82) is 0 Å². The largest absolute Gasteiger partial charge is 0.480 e. The van der Waals surface area contributed by atoms with Gasteiger partial charge in [0.05, 0.1) is 6.04 Å². The molecule has 0 radical (unpaired) electrons. The van der Waals surface area contributed by atoms with E-state index in [1.54, 1.807) is 4.90 Å². The Labute approximate surface area is 126 Å². The van der Waals surface area contributed by atoms with Crippen LogP contribution in [0.3, 0.4) is 0 Å². The molecule has 2 fully saturated rings. The van der Waals surface area contributed by atoms with Crippen molar-refractivity contribution in [2.24, 2.45) is 17.6 Å². The van der Waals surface area contributed by atoms with Gasteiger partial charge in [0.1, 0.15) is 6.04 Å². The van der Waals surface area contributed by atoms with Gasteiger partial charge in [0.15, 0.2) is 0 Å². The molecule has 5 atom stereocenters. The number of fused-ring (bicyclic) bond motifs is 1. The standard InChI is InChI=1S/C16H28N2O3/c1-3-10(2)14(17)15(19)18-12-7-5-4-6-11(12)8-9-13(18)16(20)21/h10-14H,3-9,17H2,1-2H3,(H,20,21). The molecule has 0 spiro atoms. The van der Waals surface area contributed by atoms with Gasteiger partial charge in [-0.2, -0.15) is 0 Å². The lowest BCUT2D eigenvalue weighted by molar-refractivity contribution is -0.159. The number of carbonyl (C=O) groups is 2. The summed E-state index contributed by atoms with van der Waals surface area (Å²) < 4.78 is 0. The number of hydrogen-bond donors (Lipinski definition) is 2. The van der Waals surface area contributed by atoms with E-state index in [0.717, 1.165) is 32.1 Å². The van der Waals surface area contributed by atoms with Gasteiger partial charge < -0.3 is 15.7 Å². The Hall–Kier alpha value is -1.10. The summed E-state index contributed by atoms with van der Waals surface area (Å²) in [4.78, 5) is 26.0. The fraction of sp³-hybridized carbons (Fsp3) is 0.875. The van der Waals surface area contributed by atoms with Crippen LogP contribution in [-0.4, -0.2) is 40.0 Å². The summed E-state index contributed by atoms with van der Waals surface area (Å²) in [5.41, 5.74) is 6.10. The van der Waals surface area contributed by atoms with Gasteiger partial charge in [-0.25, -0.2) is 4.79 Å². The van der Waals surface area contributed by atoms with Crippen molar-refractivity contribution in [2.45, 2.75) is 76.9 Å². The maximum atomic E-state index is 12.8. The molecule has 3 N–H and O–H groups in total. The zero-order valence-electron chi connectivity index (χ0n) is 13.1. The second-order valence-electron chi connectivity index (χ2n) is 6.70. The molecule has 1 heterocycles. The second-order valence-corrected chi connectivity index (χ2v) is 6.70. The highest BCUT2D eigenvalue weighted by Crippen LogP contribution is 2.38. The number of carboxylic acids is 1. The maximum absolute atomic E-state index is 12.8. The number of carboxylic acid groups (broad SMARTS) is 1. The highest BCUT2D eigenvalue weighted by Gasteiger charge is 2.45. The highest BCUT2D eigenvalue weighted by atomic mass is 16.4. The molecule has 5 heteroatoms. The van der Waals surface area contributed by atoms with Gasteiger partial charge >= 0.3 is 5.97 Å². The summed E-state index contributed by atoms with van der Waals surface area (Å²) in [7, 11) is 0. The molecule has 5 unspecified atom stereocenters. The number of rotatable bonds is 4. The lowest BCUT2D eigenvalue weighted by atomic mass is 9.75. The average molecular weight is 296 g/mol. The Morgan fingerprint density at radius 2 is 1.90 bits per heavy atom. The number of likely N-dealkylation sites (tertiary alicyclic amines) is 1. The summed E-state index contributed by atoms with van der Waals surface area (Å²) in [5.74, 6) is -0.504. The van der Waals surface area contributed by atoms with E-state index in [4.69, 9.17) is 5.73 Å². The predicted molar refractivity (Wildman–Crippen MR) is 80.7 cm³/mol. The van der Waals surface area contributed by atoms with Gasteiger partial charge in [0.25, 0.3) is 0 Å². The third-order valence-electron chi connectivity index (χ3n) is 5.45. The first-order chi connectivity index (χ1) is 9.97. The minimum atomic E-state index is -0.885. The summed E-state index contributed by atoms with van der Waals surface area (Å²) >= 11 is 0. The fourth-order valence-electron chi connectivity index (χ4n) is 3.86. The van der Waals surface area contributed by atoms with Crippen molar-refractivity contribution in [3.05, 3.63) is 0 Å².